The van der Waals surface area contributed by atoms with Crippen molar-refractivity contribution < 1.29 is 18.3 Å². The number of ether oxygens (including phenoxy) is 1. The molecule has 39 heavy (non-hydrogen) atoms. The van der Waals surface area contributed by atoms with Crippen LogP contribution >= 0.6 is 23.4 Å². The zero-order valence-corrected chi connectivity index (χ0v) is 23.8. The highest BCUT2D eigenvalue weighted by molar-refractivity contribution is 7.98. The molecule has 0 unspecified atom stereocenters. The fourth-order valence-electron chi connectivity index (χ4n) is 4.20. The fourth-order valence-corrected chi connectivity index (χ4v) is 5.38. The minimum Gasteiger partial charge on any atom is -0.495 e. The molecular formula is C30H30ClF2N3O2S. The Morgan fingerprint density at radius 3 is 2.51 bits per heavy atom. The van der Waals surface area contributed by atoms with Crippen molar-refractivity contribution >= 4 is 29.3 Å². The van der Waals surface area contributed by atoms with Crippen LogP contribution in [0.1, 0.15) is 54.4 Å². The van der Waals surface area contributed by atoms with Crippen molar-refractivity contribution in [3.8, 4) is 11.4 Å². The van der Waals surface area contributed by atoms with Gasteiger partial charge in [0, 0.05) is 29.0 Å². The number of hydrogen-bond acceptors (Lipinski definition) is 4. The molecule has 0 bridgehead atoms. The summed E-state index contributed by atoms with van der Waals surface area (Å²) < 4.78 is 36.1. The number of benzene rings is 3. The quantitative estimate of drug-likeness (QED) is 0.200. The number of nitrogens with zero attached hydrogens (tertiary/aromatic N) is 2. The second kappa shape index (κ2) is 12.2. The molecule has 9 heteroatoms. The summed E-state index contributed by atoms with van der Waals surface area (Å²) >= 11 is 7.62. The van der Waals surface area contributed by atoms with Crippen molar-refractivity contribution in [3.05, 3.63) is 106 Å². The van der Waals surface area contributed by atoms with Gasteiger partial charge in [-0.25, -0.2) is 13.8 Å². The van der Waals surface area contributed by atoms with Crippen LogP contribution in [-0.2, 0) is 11.2 Å². The Morgan fingerprint density at radius 2 is 1.85 bits per heavy atom. The number of imidazole rings is 1. The van der Waals surface area contributed by atoms with Crippen molar-refractivity contribution in [1.82, 2.24) is 14.9 Å². The summed E-state index contributed by atoms with van der Waals surface area (Å²) in [5.41, 5.74) is 2.71. The molecule has 0 aliphatic carbocycles. The Morgan fingerprint density at radius 1 is 1.10 bits per heavy atom. The number of nitrogens with one attached hydrogen (secondary N) is 1. The fraction of sp³-hybridized carbons (Fsp3) is 0.267. The van der Waals surface area contributed by atoms with E-state index in [1.54, 1.807) is 43.6 Å². The second-order valence-corrected chi connectivity index (χ2v) is 10.9. The first-order valence-electron chi connectivity index (χ1n) is 12.5. The molecule has 0 atom stereocenters. The van der Waals surface area contributed by atoms with Crippen molar-refractivity contribution in [2.45, 2.75) is 43.5 Å². The monoisotopic (exact) mass is 569 g/mol. The first-order valence-corrected chi connectivity index (χ1v) is 13.9. The second-order valence-electron chi connectivity index (χ2n) is 9.56. The summed E-state index contributed by atoms with van der Waals surface area (Å²) in [7, 11) is 1.57. The van der Waals surface area contributed by atoms with Gasteiger partial charge in [0.1, 0.15) is 17.4 Å². The van der Waals surface area contributed by atoms with E-state index in [4.69, 9.17) is 16.3 Å². The Bertz CT molecular complexity index is 1470. The minimum atomic E-state index is -0.545. The Labute approximate surface area is 236 Å². The summed E-state index contributed by atoms with van der Waals surface area (Å²) in [6.07, 6.45) is 2.58. The average molecular weight is 570 g/mol. The summed E-state index contributed by atoms with van der Waals surface area (Å²) in [6.45, 7) is 6.60. The summed E-state index contributed by atoms with van der Waals surface area (Å²) in [4.78, 5) is 16.9. The van der Waals surface area contributed by atoms with E-state index in [0.717, 1.165) is 23.4 Å². The molecule has 4 rings (SSSR count). The minimum absolute atomic E-state index is 0.282. The van der Waals surface area contributed by atoms with Crippen LogP contribution in [0.15, 0.2) is 72.0 Å². The maximum Gasteiger partial charge on any atom is 0.251 e. The number of hydrogen-bond donors (Lipinski definition) is 1. The molecule has 5 nitrogen and oxygen atoms in total. The molecule has 1 amide bonds. The van der Waals surface area contributed by atoms with E-state index >= 15 is 0 Å². The molecular weight excluding hydrogens is 540 g/mol. The third kappa shape index (κ3) is 6.28. The molecule has 1 heterocycles. The van der Waals surface area contributed by atoms with Crippen LogP contribution in [0.4, 0.5) is 8.78 Å². The lowest BCUT2D eigenvalue weighted by molar-refractivity contribution is 0.0953. The highest BCUT2D eigenvalue weighted by Gasteiger charge is 2.30. The van der Waals surface area contributed by atoms with Gasteiger partial charge < -0.3 is 10.1 Å². The number of carbonyl (C=O) groups is 1. The number of carbonyl (C=O) groups excluding carboxylic acids is 1. The molecule has 0 radical (unpaired) electrons. The van der Waals surface area contributed by atoms with E-state index in [1.165, 1.54) is 30.0 Å². The van der Waals surface area contributed by atoms with Crippen LogP contribution in [-0.4, -0.2) is 29.1 Å². The number of thioether (sulfide) groups is 1. The van der Waals surface area contributed by atoms with Gasteiger partial charge in [-0.3, -0.25) is 9.36 Å². The maximum absolute atomic E-state index is 14.9. The largest absolute Gasteiger partial charge is 0.495 e. The summed E-state index contributed by atoms with van der Waals surface area (Å²) in [5, 5.41) is 3.89. The number of halogens is 3. The normalized spacial score (nSPS) is 11.5. The van der Waals surface area contributed by atoms with Gasteiger partial charge in [-0.1, -0.05) is 56.3 Å². The molecule has 0 saturated heterocycles. The number of methoxy groups -OCH3 is 1. The van der Waals surface area contributed by atoms with E-state index < -0.39 is 11.2 Å². The highest BCUT2D eigenvalue weighted by Crippen LogP contribution is 2.39. The maximum atomic E-state index is 14.9. The van der Waals surface area contributed by atoms with Crippen LogP contribution < -0.4 is 10.1 Å². The molecule has 0 spiro atoms. The van der Waals surface area contributed by atoms with Gasteiger partial charge in [-0.05, 0) is 66.1 Å². The number of aromatic nitrogens is 2. The molecule has 1 aromatic heterocycles. The van der Waals surface area contributed by atoms with Crippen LogP contribution in [0.25, 0.3) is 5.69 Å². The lowest BCUT2D eigenvalue weighted by Crippen LogP contribution is -2.24. The zero-order valence-electron chi connectivity index (χ0n) is 22.2. The average Bonchev–Trinajstić information content (AvgIpc) is 3.36. The summed E-state index contributed by atoms with van der Waals surface area (Å²) in [5.74, 6) is -0.253. The van der Waals surface area contributed by atoms with E-state index in [-0.39, 0.29) is 23.0 Å². The van der Waals surface area contributed by atoms with Crippen LogP contribution in [0.3, 0.4) is 0 Å². The Kier molecular flexibility index (Phi) is 8.97. The lowest BCUT2D eigenvalue weighted by atomic mass is 9.81. The van der Waals surface area contributed by atoms with E-state index in [1.807, 2.05) is 23.6 Å². The molecule has 3 aromatic carbocycles. The van der Waals surface area contributed by atoms with E-state index in [0.29, 0.717) is 28.0 Å². The number of rotatable bonds is 10. The van der Waals surface area contributed by atoms with E-state index in [2.05, 4.69) is 24.1 Å². The molecule has 0 fully saturated rings. The standard InChI is InChI=1S/C30H30ClF2N3O2S/c1-5-14-34-28(37)19-6-7-20(25(33)15-19)18-39-29-35-17-27(36(29)23-11-9-22(32)10-12-23)30(2,3)21-8-13-24(31)26(16-21)38-4/h6-13,15-17H,5,14,18H2,1-4H3,(H,34,37). The van der Waals surface area contributed by atoms with E-state index in [9.17, 15) is 13.6 Å². The number of amides is 1. The summed E-state index contributed by atoms with van der Waals surface area (Å²) in [6, 6.07) is 16.3. The van der Waals surface area contributed by atoms with Gasteiger partial charge in [0.2, 0.25) is 0 Å². The smallest absolute Gasteiger partial charge is 0.251 e. The van der Waals surface area contributed by atoms with Crippen LogP contribution in [0.5, 0.6) is 5.75 Å². The van der Waals surface area contributed by atoms with Crippen molar-refractivity contribution in [1.29, 1.82) is 0 Å². The topological polar surface area (TPSA) is 56.1 Å². The van der Waals surface area contributed by atoms with Crippen molar-refractivity contribution in [2.75, 3.05) is 13.7 Å². The third-order valence-electron chi connectivity index (χ3n) is 6.54. The van der Waals surface area contributed by atoms with Gasteiger partial charge >= 0.3 is 0 Å². The van der Waals surface area contributed by atoms with Gasteiger partial charge in [-0.15, -0.1) is 0 Å². The van der Waals surface area contributed by atoms with Crippen molar-refractivity contribution in [3.63, 3.8) is 0 Å². The SMILES string of the molecule is CCCNC(=O)c1ccc(CSc2ncc(C(C)(C)c3ccc(Cl)c(OC)c3)n2-c2ccc(F)cc2)c(F)c1. The van der Waals surface area contributed by atoms with Gasteiger partial charge in [-0.2, -0.15) is 0 Å². The first-order chi connectivity index (χ1) is 18.6. The first kappa shape index (κ1) is 28.6. The molecule has 0 saturated carbocycles. The predicted molar refractivity (Wildman–Crippen MR) is 152 cm³/mol. The Hall–Kier alpha value is -3.36. The zero-order chi connectivity index (χ0) is 28.2. The Balaban J connectivity index is 1.68. The molecule has 0 aliphatic heterocycles. The molecule has 1 N–H and O–H groups in total. The van der Waals surface area contributed by atoms with Crippen molar-refractivity contribution in [2.24, 2.45) is 0 Å². The van der Waals surface area contributed by atoms with Gasteiger partial charge in [0.15, 0.2) is 5.16 Å². The molecule has 4 aromatic rings. The molecule has 0 aliphatic rings. The molecule has 204 valence electrons. The third-order valence-corrected chi connectivity index (χ3v) is 7.85. The van der Waals surface area contributed by atoms with Gasteiger partial charge in [0.05, 0.1) is 24.0 Å². The van der Waals surface area contributed by atoms with Gasteiger partial charge in [0.25, 0.3) is 5.91 Å². The highest BCUT2D eigenvalue weighted by atomic mass is 35.5. The lowest BCUT2D eigenvalue weighted by Gasteiger charge is -2.28. The predicted octanol–water partition coefficient (Wildman–Crippen LogP) is 7.57. The van der Waals surface area contributed by atoms with Crippen LogP contribution in [0.2, 0.25) is 5.02 Å². The van der Waals surface area contributed by atoms with Crippen LogP contribution in [0, 0.1) is 11.6 Å².